The minimum atomic E-state index is 0.626. The summed E-state index contributed by atoms with van der Waals surface area (Å²) in [6.07, 6.45) is 0.872. The lowest BCUT2D eigenvalue weighted by Gasteiger charge is -2.11. The van der Waals surface area contributed by atoms with Gasteiger partial charge in [0, 0.05) is 25.3 Å². The molecule has 0 unspecified atom stereocenters. The van der Waals surface area contributed by atoms with Gasteiger partial charge < -0.3 is 15.2 Å². The van der Waals surface area contributed by atoms with Crippen LogP contribution in [-0.4, -0.2) is 19.8 Å². The van der Waals surface area contributed by atoms with Crippen molar-refractivity contribution < 1.29 is 9.47 Å². The molecule has 0 fully saturated rings. The van der Waals surface area contributed by atoms with Crippen LogP contribution in [0.5, 0.6) is 5.75 Å². The SMILES string of the molecule is CCOCCCOc1c(Br)cc(N)cc1Br. The zero-order valence-electron chi connectivity index (χ0n) is 9.13. The fourth-order valence-corrected chi connectivity index (χ4v) is 2.65. The second-order valence-electron chi connectivity index (χ2n) is 3.21. The third kappa shape index (κ3) is 4.31. The number of halogens is 2. The molecular weight excluding hydrogens is 338 g/mol. The summed E-state index contributed by atoms with van der Waals surface area (Å²) in [7, 11) is 0. The summed E-state index contributed by atoms with van der Waals surface area (Å²) in [5.41, 5.74) is 6.38. The van der Waals surface area contributed by atoms with Gasteiger partial charge in [-0.3, -0.25) is 0 Å². The Morgan fingerprint density at radius 1 is 1.19 bits per heavy atom. The van der Waals surface area contributed by atoms with E-state index < -0.39 is 0 Å². The zero-order chi connectivity index (χ0) is 12.0. The molecule has 0 amide bonds. The number of nitrogen functional groups attached to an aromatic ring is 1. The second-order valence-corrected chi connectivity index (χ2v) is 4.92. The van der Waals surface area contributed by atoms with Crippen LogP contribution >= 0.6 is 31.9 Å². The number of ether oxygens (including phenoxy) is 2. The van der Waals surface area contributed by atoms with Crippen LogP contribution in [0.4, 0.5) is 5.69 Å². The maximum absolute atomic E-state index is 5.69. The molecule has 0 saturated carbocycles. The average molecular weight is 353 g/mol. The van der Waals surface area contributed by atoms with Crippen LogP contribution in [-0.2, 0) is 4.74 Å². The summed E-state index contributed by atoms with van der Waals surface area (Å²) in [6, 6.07) is 3.64. The van der Waals surface area contributed by atoms with Crippen LogP contribution in [0, 0.1) is 0 Å². The van der Waals surface area contributed by atoms with Crippen molar-refractivity contribution in [2.75, 3.05) is 25.6 Å². The van der Waals surface area contributed by atoms with E-state index in [-0.39, 0.29) is 0 Å². The van der Waals surface area contributed by atoms with E-state index in [0.717, 1.165) is 34.3 Å². The Labute approximate surface area is 113 Å². The number of nitrogens with two attached hydrogens (primary N) is 1. The van der Waals surface area contributed by atoms with Crippen LogP contribution in [0.3, 0.4) is 0 Å². The Kier molecular flexibility index (Phi) is 6.16. The molecule has 0 aliphatic heterocycles. The molecule has 0 aliphatic rings. The van der Waals surface area contributed by atoms with Crippen molar-refractivity contribution in [1.29, 1.82) is 0 Å². The minimum Gasteiger partial charge on any atom is -0.491 e. The molecule has 0 bridgehead atoms. The average Bonchev–Trinajstić information content (AvgIpc) is 2.20. The van der Waals surface area contributed by atoms with Gasteiger partial charge in [0.1, 0.15) is 5.75 Å². The fourth-order valence-electron chi connectivity index (χ4n) is 1.20. The van der Waals surface area contributed by atoms with Crippen molar-refractivity contribution in [3.63, 3.8) is 0 Å². The molecule has 0 aromatic heterocycles. The van der Waals surface area contributed by atoms with Crippen molar-refractivity contribution >= 4 is 37.5 Å². The zero-order valence-corrected chi connectivity index (χ0v) is 12.3. The van der Waals surface area contributed by atoms with Crippen molar-refractivity contribution in [3.05, 3.63) is 21.1 Å². The first kappa shape index (κ1) is 13.8. The summed E-state index contributed by atoms with van der Waals surface area (Å²) in [5, 5.41) is 0. The highest BCUT2D eigenvalue weighted by atomic mass is 79.9. The molecule has 0 saturated heterocycles. The van der Waals surface area contributed by atoms with Crippen LogP contribution in [0.15, 0.2) is 21.1 Å². The number of anilines is 1. The van der Waals surface area contributed by atoms with Gasteiger partial charge in [-0.05, 0) is 50.9 Å². The molecule has 0 heterocycles. The molecular formula is C11H15Br2NO2. The van der Waals surface area contributed by atoms with Crippen LogP contribution in [0.2, 0.25) is 0 Å². The van der Waals surface area contributed by atoms with E-state index in [1.807, 2.05) is 19.1 Å². The van der Waals surface area contributed by atoms with Gasteiger partial charge in [0.05, 0.1) is 15.6 Å². The van der Waals surface area contributed by atoms with Gasteiger partial charge in [0.2, 0.25) is 0 Å². The first-order chi connectivity index (χ1) is 7.65. The quantitative estimate of drug-likeness (QED) is 0.628. The smallest absolute Gasteiger partial charge is 0.147 e. The molecule has 16 heavy (non-hydrogen) atoms. The Morgan fingerprint density at radius 3 is 2.38 bits per heavy atom. The first-order valence-corrected chi connectivity index (χ1v) is 6.68. The summed E-state index contributed by atoms with van der Waals surface area (Å²) < 4.78 is 12.6. The molecule has 2 N–H and O–H groups in total. The highest BCUT2D eigenvalue weighted by molar-refractivity contribution is 9.11. The molecule has 1 aromatic rings. The molecule has 0 aliphatic carbocycles. The Hall–Kier alpha value is -0.260. The molecule has 0 atom stereocenters. The maximum Gasteiger partial charge on any atom is 0.147 e. The van der Waals surface area contributed by atoms with E-state index in [9.17, 15) is 0 Å². The van der Waals surface area contributed by atoms with Gasteiger partial charge in [0.25, 0.3) is 0 Å². The standard InChI is InChI=1S/C11H15Br2NO2/c1-2-15-4-3-5-16-11-9(12)6-8(14)7-10(11)13/h6-7H,2-5,14H2,1H3. The van der Waals surface area contributed by atoms with Crippen LogP contribution in [0.1, 0.15) is 13.3 Å². The Bertz CT molecular complexity index is 322. The van der Waals surface area contributed by atoms with Crippen LogP contribution < -0.4 is 10.5 Å². The third-order valence-corrected chi connectivity index (χ3v) is 3.08. The second kappa shape index (κ2) is 7.14. The highest BCUT2D eigenvalue weighted by Crippen LogP contribution is 2.35. The van der Waals surface area contributed by atoms with Gasteiger partial charge >= 0.3 is 0 Å². The minimum absolute atomic E-state index is 0.626. The normalized spacial score (nSPS) is 10.4. The summed E-state index contributed by atoms with van der Waals surface area (Å²) in [4.78, 5) is 0. The summed E-state index contributed by atoms with van der Waals surface area (Å²) in [6.45, 7) is 4.07. The summed E-state index contributed by atoms with van der Waals surface area (Å²) >= 11 is 6.83. The molecule has 90 valence electrons. The van der Waals surface area contributed by atoms with Crippen molar-refractivity contribution in [3.8, 4) is 5.75 Å². The van der Waals surface area contributed by atoms with Gasteiger partial charge in [-0.2, -0.15) is 0 Å². The van der Waals surface area contributed by atoms with Gasteiger partial charge in [-0.1, -0.05) is 0 Å². The van der Waals surface area contributed by atoms with Crippen molar-refractivity contribution in [2.24, 2.45) is 0 Å². The van der Waals surface area contributed by atoms with Gasteiger partial charge in [0.15, 0.2) is 0 Å². The lowest BCUT2D eigenvalue weighted by Crippen LogP contribution is -2.04. The molecule has 0 spiro atoms. The van der Waals surface area contributed by atoms with E-state index in [0.29, 0.717) is 12.3 Å². The number of hydrogen-bond donors (Lipinski definition) is 1. The largest absolute Gasteiger partial charge is 0.491 e. The van der Waals surface area contributed by atoms with E-state index in [2.05, 4.69) is 31.9 Å². The van der Waals surface area contributed by atoms with E-state index in [1.54, 1.807) is 0 Å². The predicted molar refractivity (Wildman–Crippen MR) is 72.9 cm³/mol. The fraction of sp³-hybridized carbons (Fsp3) is 0.455. The van der Waals surface area contributed by atoms with E-state index >= 15 is 0 Å². The lowest BCUT2D eigenvalue weighted by atomic mass is 10.3. The van der Waals surface area contributed by atoms with Crippen molar-refractivity contribution in [1.82, 2.24) is 0 Å². The number of benzene rings is 1. The maximum atomic E-state index is 5.69. The molecule has 5 heteroatoms. The molecule has 3 nitrogen and oxygen atoms in total. The van der Waals surface area contributed by atoms with E-state index in [4.69, 9.17) is 15.2 Å². The number of hydrogen-bond acceptors (Lipinski definition) is 3. The Morgan fingerprint density at radius 2 is 1.81 bits per heavy atom. The lowest BCUT2D eigenvalue weighted by molar-refractivity contribution is 0.130. The Balaban J connectivity index is 2.47. The first-order valence-electron chi connectivity index (χ1n) is 5.10. The number of rotatable bonds is 6. The van der Waals surface area contributed by atoms with Crippen molar-refractivity contribution in [2.45, 2.75) is 13.3 Å². The molecule has 0 radical (unpaired) electrons. The molecule has 1 rings (SSSR count). The monoisotopic (exact) mass is 351 g/mol. The topological polar surface area (TPSA) is 44.5 Å². The highest BCUT2D eigenvalue weighted by Gasteiger charge is 2.07. The third-order valence-electron chi connectivity index (χ3n) is 1.90. The van der Waals surface area contributed by atoms with Crippen LogP contribution in [0.25, 0.3) is 0 Å². The predicted octanol–water partition coefficient (Wildman–Crippen LogP) is 3.60. The molecule has 1 aromatic carbocycles. The summed E-state index contributed by atoms with van der Waals surface area (Å²) in [5.74, 6) is 0.783. The van der Waals surface area contributed by atoms with Gasteiger partial charge in [-0.25, -0.2) is 0 Å². The van der Waals surface area contributed by atoms with E-state index in [1.165, 1.54) is 0 Å². The van der Waals surface area contributed by atoms with Gasteiger partial charge in [-0.15, -0.1) is 0 Å².